The number of hydrogen-bond donors (Lipinski definition) is 0. The van der Waals surface area contributed by atoms with E-state index in [1.807, 2.05) is 0 Å². The smallest absolute Gasteiger partial charge is 0.0156 e. The minimum Gasteiger partial charge on any atom is -0.300 e. The first-order valence-corrected chi connectivity index (χ1v) is 3.93. The lowest BCUT2D eigenvalue weighted by Gasteiger charge is -2.19. The van der Waals surface area contributed by atoms with Crippen molar-refractivity contribution in [1.82, 2.24) is 4.90 Å². The molecule has 52 valence electrons. The van der Waals surface area contributed by atoms with Gasteiger partial charge in [-0.25, -0.2) is 0 Å². The summed E-state index contributed by atoms with van der Waals surface area (Å²) in [6.45, 7) is 4.70. The van der Waals surface area contributed by atoms with Crippen molar-refractivity contribution in [2.24, 2.45) is 11.8 Å². The molecule has 4 atom stereocenters. The first-order valence-electron chi connectivity index (χ1n) is 3.93. The quantitative estimate of drug-likeness (QED) is 0.472. The second kappa shape index (κ2) is 1.51. The fourth-order valence-electron chi connectivity index (χ4n) is 2.40. The Bertz CT molecular complexity index is 133. The lowest BCUT2D eigenvalue weighted by Crippen LogP contribution is -2.27. The van der Waals surface area contributed by atoms with Crippen LogP contribution in [0.4, 0.5) is 0 Å². The molecule has 2 fully saturated rings. The first-order chi connectivity index (χ1) is 4.22. The minimum atomic E-state index is 0.858. The molecule has 0 aromatic rings. The van der Waals surface area contributed by atoms with E-state index in [-0.39, 0.29) is 0 Å². The SMILES string of the molecule is CC1C2CC(C)N(C)C12. The van der Waals surface area contributed by atoms with Crippen LogP contribution in [0.2, 0.25) is 0 Å². The van der Waals surface area contributed by atoms with E-state index in [0.29, 0.717) is 0 Å². The molecule has 0 spiro atoms. The summed E-state index contributed by atoms with van der Waals surface area (Å²) < 4.78 is 0. The van der Waals surface area contributed by atoms with Gasteiger partial charge in [-0.05, 0) is 32.2 Å². The van der Waals surface area contributed by atoms with E-state index in [2.05, 4.69) is 25.8 Å². The van der Waals surface area contributed by atoms with Gasteiger partial charge in [-0.15, -0.1) is 0 Å². The van der Waals surface area contributed by atoms with Crippen molar-refractivity contribution < 1.29 is 0 Å². The van der Waals surface area contributed by atoms with Gasteiger partial charge in [-0.1, -0.05) is 6.92 Å². The normalized spacial score (nSPS) is 57.7. The molecule has 2 aliphatic rings. The summed E-state index contributed by atoms with van der Waals surface area (Å²) in [5.74, 6) is 2.07. The summed E-state index contributed by atoms with van der Waals surface area (Å²) in [5.41, 5.74) is 0. The van der Waals surface area contributed by atoms with Crippen molar-refractivity contribution in [3.05, 3.63) is 0 Å². The molecule has 9 heavy (non-hydrogen) atoms. The molecule has 1 saturated carbocycles. The molecule has 1 aliphatic heterocycles. The van der Waals surface area contributed by atoms with E-state index in [1.165, 1.54) is 6.42 Å². The number of likely N-dealkylation sites (tertiary alicyclic amines) is 1. The number of fused-ring (bicyclic) bond motifs is 1. The van der Waals surface area contributed by atoms with Gasteiger partial charge in [0.2, 0.25) is 0 Å². The van der Waals surface area contributed by atoms with Gasteiger partial charge in [0.15, 0.2) is 0 Å². The number of hydrogen-bond acceptors (Lipinski definition) is 1. The van der Waals surface area contributed by atoms with Gasteiger partial charge >= 0.3 is 0 Å². The second-order valence-corrected chi connectivity index (χ2v) is 3.76. The van der Waals surface area contributed by atoms with E-state index in [4.69, 9.17) is 0 Å². The van der Waals surface area contributed by atoms with E-state index in [9.17, 15) is 0 Å². The van der Waals surface area contributed by atoms with Crippen LogP contribution in [0.15, 0.2) is 0 Å². The molecule has 0 N–H and O–H groups in total. The summed E-state index contributed by atoms with van der Waals surface area (Å²) in [5, 5.41) is 0. The van der Waals surface area contributed by atoms with Crippen LogP contribution in [-0.2, 0) is 0 Å². The van der Waals surface area contributed by atoms with Gasteiger partial charge in [0, 0.05) is 12.1 Å². The molecule has 2 rings (SSSR count). The molecule has 0 aromatic heterocycles. The Morgan fingerprint density at radius 2 is 2.00 bits per heavy atom. The Kier molecular flexibility index (Phi) is 0.963. The molecule has 4 unspecified atom stereocenters. The summed E-state index contributed by atoms with van der Waals surface area (Å²) in [4.78, 5) is 2.54. The zero-order valence-electron chi connectivity index (χ0n) is 6.46. The number of nitrogens with zero attached hydrogens (tertiary/aromatic N) is 1. The van der Waals surface area contributed by atoms with Crippen LogP contribution in [0.5, 0.6) is 0 Å². The highest BCUT2D eigenvalue weighted by Crippen LogP contribution is 2.51. The van der Waals surface area contributed by atoms with E-state index in [0.717, 1.165) is 23.9 Å². The molecule has 1 aliphatic carbocycles. The lowest BCUT2D eigenvalue weighted by atomic mass is 10.1. The molecule has 1 heteroatoms. The highest BCUT2D eigenvalue weighted by Gasteiger charge is 2.55. The van der Waals surface area contributed by atoms with Gasteiger partial charge in [0.05, 0.1) is 0 Å². The predicted octanol–water partition coefficient (Wildman–Crippen LogP) is 1.34. The third-order valence-corrected chi connectivity index (χ3v) is 3.29. The Morgan fingerprint density at radius 1 is 1.33 bits per heavy atom. The van der Waals surface area contributed by atoms with Crippen molar-refractivity contribution in [3.63, 3.8) is 0 Å². The van der Waals surface area contributed by atoms with Gasteiger partial charge < -0.3 is 4.90 Å². The maximum absolute atomic E-state index is 2.54. The minimum absolute atomic E-state index is 0.858. The van der Waals surface area contributed by atoms with E-state index >= 15 is 0 Å². The standard InChI is InChI=1S/C8H15N/c1-5-4-7-6(2)8(7)9(5)3/h5-8H,4H2,1-3H3. The zero-order valence-corrected chi connectivity index (χ0v) is 6.46. The highest BCUT2D eigenvalue weighted by molar-refractivity contribution is 5.08. The molecule has 0 radical (unpaired) electrons. The number of rotatable bonds is 0. The zero-order chi connectivity index (χ0) is 6.59. The van der Waals surface area contributed by atoms with Crippen LogP contribution < -0.4 is 0 Å². The summed E-state index contributed by atoms with van der Waals surface area (Å²) in [6.07, 6.45) is 1.45. The third-order valence-electron chi connectivity index (χ3n) is 3.29. The van der Waals surface area contributed by atoms with Gasteiger partial charge in [-0.3, -0.25) is 0 Å². The summed E-state index contributed by atoms with van der Waals surface area (Å²) >= 11 is 0. The Balaban J connectivity index is 2.07. The van der Waals surface area contributed by atoms with E-state index in [1.54, 1.807) is 0 Å². The van der Waals surface area contributed by atoms with Crippen LogP contribution in [0.25, 0.3) is 0 Å². The molecule has 1 nitrogen and oxygen atoms in total. The molecular formula is C8H15N. The van der Waals surface area contributed by atoms with Crippen molar-refractivity contribution in [2.75, 3.05) is 7.05 Å². The fraction of sp³-hybridized carbons (Fsp3) is 1.00. The van der Waals surface area contributed by atoms with Crippen molar-refractivity contribution in [1.29, 1.82) is 0 Å². The van der Waals surface area contributed by atoms with Crippen molar-refractivity contribution >= 4 is 0 Å². The largest absolute Gasteiger partial charge is 0.300 e. The second-order valence-electron chi connectivity index (χ2n) is 3.76. The third kappa shape index (κ3) is 0.586. The molecule has 0 bridgehead atoms. The molecule has 1 heterocycles. The maximum atomic E-state index is 2.54. The van der Waals surface area contributed by atoms with Gasteiger partial charge in [0.25, 0.3) is 0 Å². The Hall–Kier alpha value is -0.0400. The van der Waals surface area contributed by atoms with Gasteiger partial charge in [0.1, 0.15) is 0 Å². The molecule has 0 aromatic carbocycles. The van der Waals surface area contributed by atoms with Crippen LogP contribution >= 0.6 is 0 Å². The average molecular weight is 125 g/mol. The van der Waals surface area contributed by atoms with Crippen LogP contribution in [0, 0.1) is 11.8 Å². The molecule has 1 saturated heterocycles. The number of piperidine rings is 1. The maximum Gasteiger partial charge on any atom is 0.0156 e. The average Bonchev–Trinajstić information content (AvgIpc) is 2.29. The molecular weight excluding hydrogens is 110 g/mol. The van der Waals surface area contributed by atoms with Crippen LogP contribution in [0.1, 0.15) is 20.3 Å². The Labute approximate surface area is 57.0 Å². The highest BCUT2D eigenvalue weighted by atomic mass is 15.2. The van der Waals surface area contributed by atoms with Crippen molar-refractivity contribution in [2.45, 2.75) is 32.4 Å². The Morgan fingerprint density at radius 3 is 2.33 bits per heavy atom. The van der Waals surface area contributed by atoms with Gasteiger partial charge in [-0.2, -0.15) is 0 Å². The summed E-state index contributed by atoms with van der Waals surface area (Å²) in [7, 11) is 2.26. The first kappa shape index (κ1) is 5.72. The predicted molar refractivity (Wildman–Crippen MR) is 38.3 cm³/mol. The summed E-state index contributed by atoms with van der Waals surface area (Å²) in [6, 6.07) is 1.82. The monoisotopic (exact) mass is 125 g/mol. The topological polar surface area (TPSA) is 3.24 Å². The van der Waals surface area contributed by atoms with Crippen molar-refractivity contribution in [3.8, 4) is 0 Å². The van der Waals surface area contributed by atoms with Crippen LogP contribution in [0.3, 0.4) is 0 Å². The van der Waals surface area contributed by atoms with Crippen LogP contribution in [-0.4, -0.2) is 24.0 Å². The fourth-order valence-corrected chi connectivity index (χ4v) is 2.40. The lowest BCUT2D eigenvalue weighted by molar-refractivity contribution is 0.267. The van der Waals surface area contributed by atoms with E-state index < -0.39 is 0 Å². The molecule has 0 amide bonds.